The zero-order valence-corrected chi connectivity index (χ0v) is 19.6. The lowest BCUT2D eigenvalue weighted by Crippen LogP contribution is -2.42. The van der Waals surface area contributed by atoms with Gasteiger partial charge in [0.15, 0.2) is 12.6 Å². The summed E-state index contributed by atoms with van der Waals surface area (Å²) >= 11 is 0. The number of nitrogens with one attached hydrogen (secondary N) is 4. The van der Waals surface area contributed by atoms with Crippen molar-refractivity contribution in [3.63, 3.8) is 0 Å². The number of hydrogen-bond donors (Lipinski definition) is 4. The highest BCUT2D eigenvalue weighted by molar-refractivity contribution is 5.79. The number of alkyl carbamates (subject to hydrolysis) is 1. The SMILES string of the molecule is CCNC(=NCCc1ccc(OCC(=O)NC2CC2)cc1)NCCNC(=O)OC(C)(C)C. The minimum absolute atomic E-state index is 0.0423. The molecule has 0 aromatic heterocycles. The van der Waals surface area contributed by atoms with E-state index in [1.165, 1.54) is 0 Å². The third-order valence-corrected chi connectivity index (χ3v) is 4.34. The molecule has 0 unspecified atom stereocenters. The van der Waals surface area contributed by atoms with E-state index in [-0.39, 0.29) is 12.5 Å². The molecule has 1 fully saturated rings. The van der Waals surface area contributed by atoms with Crippen LogP contribution in [0.5, 0.6) is 5.75 Å². The zero-order chi connectivity index (χ0) is 23.4. The molecule has 9 heteroatoms. The molecule has 0 radical (unpaired) electrons. The van der Waals surface area contributed by atoms with E-state index in [0.29, 0.717) is 37.4 Å². The second kappa shape index (κ2) is 12.8. The molecule has 0 atom stereocenters. The van der Waals surface area contributed by atoms with Gasteiger partial charge in [0.25, 0.3) is 5.91 Å². The van der Waals surface area contributed by atoms with E-state index < -0.39 is 11.7 Å². The van der Waals surface area contributed by atoms with Crippen LogP contribution in [0.25, 0.3) is 0 Å². The monoisotopic (exact) mass is 447 g/mol. The number of rotatable bonds is 11. The first kappa shape index (κ1) is 25.3. The van der Waals surface area contributed by atoms with Crippen molar-refractivity contribution in [2.45, 2.75) is 58.6 Å². The second-order valence-electron chi connectivity index (χ2n) is 8.64. The molecule has 178 valence electrons. The highest BCUT2D eigenvalue weighted by atomic mass is 16.6. The summed E-state index contributed by atoms with van der Waals surface area (Å²) in [6.45, 7) is 9.84. The number of amides is 2. The van der Waals surface area contributed by atoms with Gasteiger partial charge in [0, 0.05) is 32.2 Å². The fourth-order valence-corrected chi connectivity index (χ4v) is 2.70. The van der Waals surface area contributed by atoms with Gasteiger partial charge in [0.05, 0.1) is 0 Å². The smallest absolute Gasteiger partial charge is 0.407 e. The van der Waals surface area contributed by atoms with E-state index in [1.807, 2.05) is 52.0 Å². The molecule has 0 bridgehead atoms. The molecular weight excluding hydrogens is 410 g/mol. The summed E-state index contributed by atoms with van der Waals surface area (Å²) in [6, 6.07) is 8.05. The predicted molar refractivity (Wildman–Crippen MR) is 125 cm³/mol. The van der Waals surface area contributed by atoms with Crippen LogP contribution in [0, 0.1) is 0 Å². The van der Waals surface area contributed by atoms with Crippen molar-refractivity contribution in [3.05, 3.63) is 29.8 Å². The first-order valence-corrected chi connectivity index (χ1v) is 11.3. The molecule has 0 aliphatic heterocycles. The maximum absolute atomic E-state index is 11.7. The van der Waals surface area contributed by atoms with Gasteiger partial charge in [-0.25, -0.2) is 4.79 Å². The van der Waals surface area contributed by atoms with Gasteiger partial charge in [-0.2, -0.15) is 0 Å². The summed E-state index contributed by atoms with van der Waals surface area (Å²) in [6.07, 6.45) is 2.47. The van der Waals surface area contributed by atoms with Crippen LogP contribution in [0.15, 0.2) is 29.3 Å². The largest absolute Gasteiger partial charge is 0.484 e. The lowest BCUT2D eigenvalue weighted by Gasteiger charge is -2.19. The van der Waals surface area contributed by atoms with Gasteiger partial charge in [-0.15, -0.1) is 0 Å². The van der Waals surface area contributed by atoms with E-state index in [1.54, 1.807) is 0 Å². The Kier molecular flexibility index (Phi) is 10.1. The molecule has 2 rings (SSSR count). The van der Waals surface area contributed by atoms with E-state index >= 15 is 0 Å². The standard InChI is InChI=1S/C23H37N5O4/c1-5-24-21(26-14-15-27-22(30)32-23(2,3)4)25-13-12-17-6-10-19(11-7-17)31-16-20(29)28-18-8-9-18/h6-7,10-11,18H,5,8-9,12-16H2,1-4H3,(H,27,30)(H,28,29)(H2,24,25,26). The molecule has 1 aliphatic carbocycles. The quantitative estimate of drug-likeness (QED) is 0.234. The van der Waals surface area contributed by atoms with Crippen molar-refractivity contribution in [2.24, 2.45) is 4.99 Å². The van der Waals surface area contributed by atoms with Gasteiger partial charge in [0.2, 0.25) is 0 Å². The number of aliphatic imine (C=N–C) groups is 1. The molecule has 1 aromatic rings. The molecule has 32 heavy (non-hydrogen) atoms. The van der Waals surface area contributed by atoms with Crippen LogP contribution in [0.3, 0.4) is 0 Å². The van der Waals surface area contributed by atoms with Gasteiger partial charge in [-0.05, 0) is 64.7 Å². The lowest BCUT2D eigenvalue weighted by atomic mass is 10.1. The van der Waals surface area contributed by atoms with Crippen LogP contribution >= 0.6 is 0 Å². The third kappa shape index (κ3) is 11.4. The van der Waals surface area contributed by atoms with Crippen molar-refractivity contribution < 1.29 is 19.1 Å². The van der Waals surface area contributed by atoms with Crippen molar-refractivity contribution >= 4 is 18.0 Å². The first-order chi connectivity index (χ1) is 15.2. The van der Waals surface area contributed by atoms with Crippen molar-refractivity contribution in [1.82, 2.24) is 21.3 Å². The van der Waals surface area contributed by atoms with Gasteiger partial charge in [0.1, 0.15) is 11.4 Å². The Morgan fingerprint density at radius 1 is 1.06 bits per heavy atom. The molecule has 1 aliphatic rings. The number of guanidine groups is 1. The fourth-order valence-electron chi connectivity index (χ4n) is 2.70. The third-order valence-electron chi connectivity index (χ3n) is 4.34. The van der Waals surface area contributed by atoms with Crippen LogP contribution in [-0.2, 0) is 16.0 Å². The number of ether oxygens (including phenoxy) is 2. The van der Waals surface area contributed by atoms with Gasteiger partial charge in [-0.1, -0.05) is 12.1 Å². The highest BCUT2D eigenvalue weighted by Gasteiger charge is 2.23. The maximum atomic E-state index is 11.7. The molecule has 0 saturated heterocycles. The van der Waals surface area contributed by atoms with Crippen molar-refractivity contribution in [2.75, 3.05) is 32.8 Å². The normalized spacial score (nSPS) is 13.8. The zero-order valence-electron chi connectivity index (χ0n) is 19.6. The van der Waals surface area contributed by atoms with Crippen LogP contribution < -0.4 is 26.0 Å². The Morgan fingerprint density at radius 2 is 1.75 bits per heavy atom. The van der Waals surface area contributed by atoms with Crippen LogP contribution in [0.1, 0.15) is 46.1 Å². The molecular formula is C23H37N5O4. The van der Waals surface area contributed by atoms with Crippen molar-refractivity contribution in [1.29, 1.82) is 0 Å². The Morgan fingerprint density at radius 3 is 2.38 bits per heavy atom. The number of nitrogens with zero attached hydrogens (tertiary/aromatic N) is 1. The van der Waals surface area contributed by atoms with Crippen LogP contribution in [0.2, 0.25) is 0 Å². The van der Waals surface area contributed by atoms with Crippen LogP contribution in [-0.4, -0.2) is 62.4 Å². The summed E-state index contributed by atoms with van der Waals surface area (Å²) < 4.78 is 10.7. The number of hydrogen-bond acceptors (Lipinski definition) is 5. The molecule has 1 aromatic carbocycles. The number of carbonyl (C=O) groups is 2. The average Bonchev–Trinajstić information content (AvgIpc) is 3.53. The Balaban J connectivity index is 1.67. The minimum Gasteiger partial charge on any atom is -0.484 e. The summed E-state index contributed by atoms with van der Waals surface area (Å²) in [5.41, 5.74) is 0.620. The molecule has 0 heterocycles. The molecule has 2 amide bonds. The Hall–Kier alpha value is -2.97. The minimum atomic E-state index is -0.511. The predicted octanol–water partition coefficient (Wildman–Crippen LogP) is 1.97. The van der Waals surface area contributed by atoms with Crippen LogP contribution in [0.4, 0.5) is 4.79 Å². The molecule has 0 spiro atoms. The molecule has 1 saturated carbocycles. The molecule has 9 nitrogen and oxygen atoms in total. The maximum Gasteiger partial charge on any atom is 0.407 e. The second-order valence-corrected chi connectivity index (χ2v) is 8.64. The highest BCUT2D eigenvalue weighted by Crippen LogP contribution is 2.18. The average molecular weight is 448 g/mol. The Bertz CT molecular complexity index is 755. The van der Waals surface area contributed by atoms with E-state index in [2.05, 4.69) is 26.3 Å². The number of carbonyl (C=O) groups excluding carboxylic acids is 2. The van der Waals surface area contributed by atoms with Gasteiger partial charge >= 0.3 is 6.09 Å². The fraction of sp³-hybridized carbons (Fsp3) is 0.609. The van der Waals surface area contributed by atoms with Gasteiger partial charge in [-0.3, -0.25) is 9.79 Å². The number of benzene rings is 1. The van der Waals surface area contributed by atoms with Gasteiger partial charge < -0.3 is 30.7 Å². The van der Waals surface area contributed by atoms with Crippen molar-refractivity contribution in [3.8, 4) is 5.75 Å². The first-order valence-electron chi connectivity index (χ1n) is 11.3. The summed E-state index contributed by atoms with van der Waals surface area (Å²) in [5, 5.41) is 12.0. The van der Waals surface area contributed by atoms with E-state index in [9.17, 15) is 9.59 Å². The molecule has 4 N–H and O–H groups in total. The van der Waals surface area contributed by atoms with E-state index in [4.69, 9.17) is 9.47 Å². The summed E-state index contributed by atoms with van der Waals surface area (Å²) in [5.74, 6) is 1.30. The Labute approximate surface area is 190 Å². The van der Waals surface area contributed by atoms with E-state index in [0.717, 1.165) is 31.4 Å². The topological polar surface area (TPSA) is 113 Å². The lowest BCUT2D eigenvalue weighted by molar-refractivity contribution is -0.123. The summed E-state index contributed by atoms with van der Waals surface area (Å²) in [4.78, 5) is 27.9. The summed E-state index contributed by atoms with van der Waals surface area (Å²) in [7, 11) is 0.